The molecule has 1 unspecified atom stereocenters. The summed E-state index contributed by atoms with van der Waals surface area (Å²) in [6, 6.07) is 0. The van der Waals surface area contributed by atoms with Crippen LogP contribution in [0.15, 0.2) is 4.60 Å². The zero-order valence-corrected chi connectivity index (χ0v) is 9.43. The molecule has 1 fully saturated rings. The van der Waals surface area contributed by atoms with E-state index in [-0.39, 0.29) is 5.54 Å². The molecule has 1 aliphatic rings. The molecular formula is C8H13BrN4. The third-order valence-corrected chi connectivity index (χ3v) is 3.21. The minimum absolute atomic E-state index is 0.0388. The molecule has 1 aliphatic heterocycles. The van der Waals surface area contributed by atoms with E-state index in [4.69, 9.17) is 0 Å². The average Bonchev–Trinajstić information content (AvgIpc) is 2.60. The van der Waals surface area contributed by atoms with E-state index in [1.54, 1.807) is 0 Å². The van der Waals surface area contributed by atoms with Gasteiger partial charge in [0.1, 0.15) is 0 Å². The summed E-state index contributed by atoms with van der Waals surface area (Å²) in [5.41, 5.74) is 1.18. The van der Waals surface area contributed by atoms with E-state index in [0.29, 0.717) is 0 Å². The summed E-state index contributed by atoms with van der Waals surface area (Å²) in [5.74, 6) is 0. The van der Waals surface area contributed by atoms with Crippen molar-refractivity contribution in [2.45, 2.75) is 25.3 Å². The maximum Gasteiger partial charge on any atom is 0.153 e. The number of hydrogen-bond donors (Lipinski definition) is 1. The van der Waals surface area contributed by atoms with E-state index in [2.05, 4.69) is 38.5 Å². The fraction of sp³-hybridized carbons (Fsp3) is 0.750. The highest BCUT2D eigenvalue weighted by molar-refractivity contribution is 9.10. The lowest BCUT2D eigenvalue weighted by Gasteiger charge is -2.24. The van der Waals surface area contributed by atoms with Crippen molar-refractivity contribution in [1.29, 1.82) is 0 Å². The smallest absolute Gasteiger partial charge is 0.153 e. The van der Waals surface area contributed by atoms with Crippen molar-refractivity contribution in [2.75, 3.05) is 6.54 Å². The van der Waals surface area contributed by atoms with Crippen molar-refractivity contribution in [3.63, 3.8) is 0 Å². The van der Waals surface area contributed by atoms with Gasteiger partial charge in [0.2, 0.25) is 0 Å². The van der Waals surface area contributed by atoms with Crippen LogP contribution in [0.25, 0.3) is 0 Å². The van der Waals surface area contributed by atoms with Gasteiger partial charge in [0, 0.05) is 7.05 Å². The van der Waals surface area contributed by atoms with Crippen LogP contribution in [0.1, 0.15) is 25.5 Å². The Bertz CT molecular complexity index is 294. The lowest BCUT2D eigenvalue weighted by Crippen LogP contribution is -2.35. The third-order valence-electron chi connectivity index (χ3n) is 2.68. The Kier molecular flexibility index (Phi) is 2.15. The largest absolute Gasteiger partial charge is 0.306 e. The summed E-state index contributed by atoms with van der Waals surface area (Å²) >= 11 is 3.43. The molecule has 1 aromatic heterocycles. The van der Waals surface area contributed by atoms with Crippen LogP contribution in [0.3, 0.4) is 0 Å². The molecule has 0 spiro atoms. The molecule has 1 saturated heterocycles. The molecule has 2 rings (SSSR count). The Labute approximate surface area is 85.8 Å². The number of nitrogens with one attached hydrogen (secondary N) is 1. The zero-order valence-electron chi connectivity index (χ0n) is 7.84. The van der Waals surface area contributed by atoms with E-state index < -0.39 is 0 Å². The maximum absolute atomic E-state index is 4.00. The van der Waals surface area contributed by atoms with Gasteiger partial charge in [-0.3, -0.25) is 0 Å². The summed E-state index contributed by atoms with van der Waals surface area (Å²) in [5, 5.41) is 11.5. The van der Waals surface area contributed by atoms with Gasteiger partial charge >= 0.3 is 0 Å². The number of rotatable bonds is 1. The van der Waals surface area contributed by atoms with Crippen molar-refractivity contribution < 1.29 is 0 Å². The highest BCUT2D eigenvalue weighted by Gasteiger charge is 2.35. The van der Waals surface area contributed by atoms with Crippen LogP contribution >= 0.6 is 15.9 Å². The van der Waals surface area contributed by atoms with Crippen LogP contribution in [0.5, 0.6) is 0 Å². The van der Waals surface area contributed by atoms with Crippen molar-refractivity contribution >= 4 is 15.9 Å². The summed E-state index contributed by atoms with van der Waals surface area (Å²) < 4.78 is 2.69. The number of nitrogens with zero attached hydrogens (tertiary/aromatic N) is 3. The maximum atomic E-state index is 4.00. The highest BCUT2D eigenvalue weighted by Crippen LogP contribution is 2.33. The van der Waals surface area contributed by atoms with Crippen LogP contribution in [-0.4, -0.2) is 21.5 Å². The predicted molar refractivity (Wildman–Crippen MR) is 53.3 cm³/mol. The van der Waals surface area contributed by atoms with Crippen LogP contribution in [-0.2, 0) is 12.6 Å². The average molecular weight is 245 g/mol. The molecule has 1 aromatic rings. The molecule has 0 bridgehead atoms. The second-order valence-electron chi connectivity index (χ2n) is 3.71. The van der Waals surface area contributed by atoms with Gasteiger partial charge in [-0.2, -0.15) is 0 Å². The van der Waals surface area contributed by atoms with Crippen LogP contribution < -0.4 is 5.32 Å². The molecule has 0 radical (unpaired) electrons. The Morgan fingerprint density at radius 1 is 1.62 bits per heavy atom. The summed E-state index contributed by atoms with van der Waals surface area (Å²) in [6.45, 7) is 3.28. The first kappa shape index (κ1) is 9.15. The first-order chi connectivity index (χ1) is 6.13. The SMILES string of the molecule is Cn1nnc(Br)c1C1(C)CCCN1. The fourth-order valence-corrected chi connectivity index (χ4v) is 2.78. The van der Waals surface area contributed by atoms with Gasteiger partial charge < -0.3 is 5.32 Å². The van der Waals surface area contributed by atoms with E-state index in [1.165, 1.54) is 6.42 Å². The standard InChI is InChI=1S/C8H13BrN4/c1-8(4-3-5-10-8)6-7(9)11-12-13(6)2/h10H,3-5H2,1-2H3. The van der Waals surface area contributed by atoms with Gasteiger partial charge in [-0.15, -0.1) is 5.10 Å². The summed E-state index contributed by atoms with van der Waals surface area (Å²) in [4.78, 5) is 0. The summed E-state index contributed by atoms with van der Waals surface area (Å²) in [7, 11) is 1.93. The van der Waals surface area contributed by atoms with Crippen molar-refractivity contribution in [3.05, 3.63) is 10.3 Å². The van der Waals surface area contributed by atoms with E-state index >= 15 is 0 Å². The second-order valence-corrected chi connectivity index (χ2v) is 4.47. The van der Waals surface area contributed by atoms with Crippen molar-refractivity contribution in [1.82, 2.24) is 20.3 Å². The Morgan fingerprint density at radius 2 is 2.38 bits per heavy atom. The van der Waals surface area contributed by atoms with E-state index in [9.17, 15) is 0 Å². The molecule has 1 N–H and O–H groups in total. The molecule has 1 atom stereocenters. The molecule has 72 valence electrons. The van der Waals surface area contributed by atoms with Gasteiger partial charge in [0.15, 0.2) is 4.60 Å². The lowest BCUT2D eigenvalue weighted by atomic mass is 9.96. The van der Waals surface area contributed by atoms with Gasteiger partial charge in [0.05, 0.1) is 11.2 Å². The third kappa shape index (κ3) is 1.40. The second kappa shape index (κ2) is 3.06. The van der Waals surface area contributed by atoms with Gasteiger partial charge in [-0.1, -0.05) is 5.21 Å². The number of halogens is 1. The number of aromatic nitrogens is 3. The molecular weight excluding hydrogens is 232 g/mol. The quantitative estimate of drug-likeness (QED) is 0.807. The normalized spacial score (nSPS) is 28.2. The molecule has 2 heterocycles. The first-order valence-electron chi connectivity index (χ1n) is 4.44. The molecule has 5 heteroatoms. The van der Waals surface area contributed by atoms with Crippen molar-refractivity contribution in [2.24, 2.45) is 7.05 Å². The molecule has 4 nitrogen and oxygen atoms in total. The fourth-order valence-electron chi connectivity index (χ4n) is 2.01. The van der Waals surface area contributed by atoms with Crippen LogP contribution in [0.2, 0.25) is 0 Å². The lowest BCUT2D eigenvalue weighted by molar-refractivity contribution is 0.398. The predicted octanol–water partition coefficient (Wildman–Crippen LogP) is 1.18. The topological polar surface area (TPSA) is 42.7 Å². The molecule has 0 aromatic carbocycles. The summed E-state index contributed by atoms with van der Waals surface area (Å²) in [6.07, 6.45) is 2.36. The molecule has 0 saturated carbocycles. The minimum Gasteiger partial charge on any atom is -0.306 e. The van der Waals surface area contributed by atoms with E-state index in [0.717, 1.165) is 23.3 Å². The first-order valence-corrected chi connectivity index (χ1v) is 5.23. The number of hydrogen-bond acceptors (Lipinski definition) is 3. The highest BCUT2D eigenvalue weighted by atomic mass is 79.9. The van der Waals surface area contributed by atoms with Crippen molar-refractivity contribution in [3.8, 4) is 0 Å². The Hall–Kier alpha value is -0.420. The minimum atomic E-state index is 0.0388. The van der Waals surface area contributed by atoms with E-state index in [1.807, 2.05) is 11.7 Å². The van der Waals surface area contributed by atoms with Crippen LogP contribution in [0, 0.1) is 0 Å². The Morgan fingerprint density at radius 3 is 2.85 bits per heavy atom. The molecule has 0 amide bonds. The molecule has 0 aliphatic carbocycles. The zero-order chi connectivity index (χ0) is 9.47. The van der Waals surface area contributed by atoms with Gasteiger partial charge in [0.25, 0.3) is 0 Å². The Balaban J connectivity index is 2.43. The molecule has 13 heavy (non-hydrogen) atoms. The monoisotopic (exact) mass is 244 g/mol. The van der Waals surface area contributed by atoms with Gasteiger partial charge in [-0.25, -0.2) is 4.68 Å². The number of aryl methyl sites for hydroxylation is 1. The van der Waals surface area contributed by atoms with Gasteiger partial charge in [-0.05, 0) is 42.2 Å². The van der Waals surface area contributed by atoms with Crippen LogP contribution in [0.4, 0.5) is 0 Å².